The van der Waals surface area contributed by atoms with Crippen LogP contribution in [0.3, 0.4) is 0 Å². The van der Waals surface area contributed by atoms with Crippen LogP contribution in [-0.4, -0.2) is 40.6 Å². The lowest BCUT2D eigenvalue weighted by Gasteiger charge is -2.37. The minimum absolute atomic E-state index is 0.164. The van der Waals surface area contributed by atoms with Crippen LogP contribution in [0.4, 0.5) is 4.39 Å². The summed E-state index contributed by atoms with van der Waals surface area (Å²) in [5.74, 6) is 1.17. The Labute approximate surface area is 184 Å². The molecule has 1 aromatic heterocycles. The van der Waals surface area contributed by atoms with Crippen LogP contribution in [-0.2, 0) is 0 Å². The van der Waals surface area contributed by atoms with E-state index >= 15 is 0 Å². The molecule has 4 nitrogen and oxygen atoms in total. The summed E-state index contributed by atoms with van der Waals surface area (Å²) in [6, 6.07) is 19.8. The molecule has 162 valence electrons. The second-order valence-corrected chi connectivity index (χ2v) is 8.41. The standard InChI is InChI=1S/C26H30FN3O/c1-20(30-15-12-23(13-16-30)21-5-3-2-4-6-21)17-24(22-7-9-25(27)10-8-22)18-31-26-11-14-28-19-29-26/h2-11,14,19-20,23-24H,12-13,15-18H2,1H3. The third kappa shape index (κ3) is 5.88. The fraction of sp³-hybridized carbons (Fsp3) is 0.385. The number of halogens is 1. The molecule has 5 heteroatoms. The van der Waals surface area contributed by atoms with Gasteiger partial charge in [0.05, 0.1) is 6.61 Å². The van der Waals surface area contributed by atoms with Gasteiger partial charge in [0.2, 0.25) is 5.88 Å². The first-order chi connectivity index (χ1) is 15.2. The molecule has 2 atom stereocenters. The number of benzene rings is 2. The lowest BCUT2D eigenvalue weighted by Crippen LogP contribution is -2.40. The first-order valence-corrected chi connectivity index (χ1v) is 11.1. The van der Waals surface area contributed by atoms with Gasteiger partial charge in [0, 0.05) is 24.2 Å². The highest BCUT2D eigenvalue weighted by molar-refractivity contribution is 5.22. The van der Waals surface area contributed by atoms with Crippen molar-refractivity contribution in [1.29, 1.82) is 0 Å². The first kappa shape index (κ1) is 21.4. The Morgan fingerprint density at radius 1 is 1.03 bits per heavy atom. The molecule has 31 heavy (non-hydrogen) atoms. The molecule has 1 saturated heterocycles. The molecule has 0 N–H and O–H groups in total. The van der Waals surface area contributed by atoms with Crippen molar-refractivity contribution in [3.05, 3.63) is 90.1 Å². The number of piperidine rings is 1. The molecule has 1 fully saturated rings. The van der Waals surface area contributed by atoms with Gasteiger partial charge < -0.3 is 9.64 Å². The van der Waals surface area contributed by atoms with Crippen molar-refractivity contribution >= 4 is 0 Å². The molecule has 2 unspecified atom stereocenters. The maximum absolute atomic E-state index is 13.5. The highest BCUT2D eigenvalue weighted by Gasteiger charge is 2.26. The van der Waals surface area contributed by atoms with Gasteiger partial charge in [0.15, 0.2) is 0 Å². The van der Waals surface area contributed by atoms with Gasteiger partial charge in [0.1, 0.15) is 12.1 Å². The number of nitrogens with zero attached hydrogens (tertiary/aromatic N) is 3. The molecule has 0 spiro atoms. The first-order valence-electron chi connectivity index (χ1n) is 11.1. The number of hydrogen-bond donors (Lipinski definition) is 0. The Morgan fingerprint density at radius 3 is 2.45 bits per heavy atom. The molecule has 0 amide bonds. The number of ether oxygens (including phenoxy) is 1. The highest BCUT2D eigenvalue weighted by Crippen LogP contribution is 2.31. The Hall–Kier alpha value is -2.79. The van der Waals surface area contributed by atoms with Gasteiger partial charge in [-0.15, -0.1) is 0 Å². The van der Waals surface area contributed by atoms with Crippen molar-refractivity contribution in [3.8, 4) is 5.88 Å². The molecule has 3 aromatic rings. The van der Waals surface area contributed by atoms with Crippen LogP contribution in [0.2, 0.25) is 0 Å². The highest BCUT2D eigenvalue weighted by atomic mass is 19.1. The molecule has 2 heterocycles. The second kappa shape index (κ2) is 10.5. The maximum Gasteiger partial charge on any atom is 0.216 e. The van der Waals surface area contributed by atoms with Crippen LogP contribution in [0.15, 0.2) is 73.2 Å². The molecule has 0 aliphatic carbocycles. The molecule has 4 rings (SSSR count). The monoisotopic (exact) mass is 419 g/mol. The van der Waals surface area contributed by atoms with E-state index in [1.165, 1.54) is 36.9 Å². The summed E-state index contributed by atoms with van der Waals surface area (Å²) in [5.41, 5.74) is 2.55. The van der Waals surface area contributed by atoms with Crippen LogP contribution in [0.25, 0.3) is 0 Å². The Bertz CT molecular complexity index is 912. The van der Waals surface area contributed by atoms with E-state index in [0.717, 1.165) is 25.1 Å². The van der Waals surface area contributed by atoms with E-state index in [1.54, 1.807) is 12.3 Å². The molecule has 2 aromatic carbocycles. The van der Waals surface area contributed by atoms with Crippen molar-refractivity contribution in [2.24, 2.45) is 0 Å². The second-order valence-electron chi connectivity index (χ2n) is 8.41. The number of aromatic nitrogens is 2. The van der Waals surface area contributed by atoms with Crippen molar-refractivity contribution in [2.75, 3.05) is 19.7 Å². The summed E-state index contributed by atoms with van der Waals surface area (Å²) in [6.07, 6.45) is 6.49. The quantitative estimate of drug-likeness (QED) is 0.488. The number of hydrogen-bond acceptors (Lipinski definition) is 4. The van der Waals surface area contributed by atoms with Crippen LogP contribution in [0, 0.1) is 5.82 Å². The van der Waals surface area contributed by atoms with Gasteiger partial charge in [-0.05, 0) is 68.5 Å². The van der Waals surface area contributed by atoms with Crippen LogP contribution in [0.5, 0.6) is 5.88 Å². The zero-order valence-corrected chi connectivity index (χ0v) is 18.0. The van der Waals surface area contributed by atoms with E-state index in [2.05, 4.69) is 52.1 Å². The third-order valence-corrected chi connectivity index (χ3v) is 6.38. The summed E-state index contributed by atoms with van der Waals surface area (Å²) in [4.78, 5) is 10.7. The number of likely N-dealkylation sites (tertiary alicyclic amines) is 1. The molecule has 1 aliphatic rings. The van der Waals surface area contributed by atoms with Gasteiger partial charge in [-0.3, -0.25) is 0 Å². The Morgan fingerprint density at radius 2 is 1.77 bits per heavy atom. The number of rotatable bonds is 8. The third-order valence-electron chi connectivity index (χ3n) is 6.38. The summed E-state index contributed by atoms with van der Waals surface area (Å²) in [6.45, 7) is 5.00. The Balaban J connectivity index is 1.38. The predicted molar refractivity (Wildman–Crippen MR) is 121 cm³/mol. The van der Waals surface area contributed by atoms with Crippen LogP contribution >= 0.6 is 0 Å². The zero-order valence-electron chi connectivity index (χ0n) is 18.0. The van der Waals surface area contributed by atoms with Gasteiger partial charge in [-0.2, -0.15) is 0 Å². The van der Waals surface area contributed by atoms with Crippen LogP contribution < -0.4 is 4.74 Å². The Kier molecular flexibility index (Phi) is 7.26. The van der Waals surface area contributed by atoms with Crippen LogP contribution in [0.1, 0.15) is 49.1 Å². The molecular formula is C26H30FN3O. The van der Waals surface area contributed by atoms with Gasteiger partial charge >= 0.3 is 0 Å². The lowest BCUT2D eigenvalue weighted by molar-refractivity contribution is 0.140. The SMILES string of the molecule is CC(CC(COc1ccncn1)c1ccc(F)cc1)N1CCC(c2ccccc2)CC1. The lowest BCUT2D eigenvalue weighted by atomic mass is 9.87. The normalized spacial score (nSPS) is 17.2. The topological polar surface area (TPSA) is 38.3 Å². The van der Waals surface area contributed by atoms with E-state index in [1.807, 2.05) is 12.1 Å². The molecular weight excluding hydrogens is 389 g/mol. The van der Waals surface area contributed by atoms with Crippen molar-refractivity contribution in [2.45, 2.75) is 44.1 Å². The predicted octanol–water partition coefficient (Wildman–Crippen LogP) is 5.44. The summed E-state index contributed by atoms with van der Waals surface area (Å²) in [5, 5.41) is 0. The molecule has 1 aliphatic heterocycles. The fourth-order valence-electron chi connectivity index (χ4n) is 4.54. The van der Waals surface area contributed by atoms with E-state index in [9.17, 15) is 4.39 Å². The van der Waals surface area contributed by atoms with Gasteiger partial charge in [0.25, 0.3) is 0 Å². The van der Waals surface area contributed by atoms with E-state index in [4.69, 9.17) is 4.74 Å². The minimum Gasteiger partial charge on any atom is -0.477 e. The van der Waals surface area contributed by atoms with Crippen molar-refractivity contribution < 1.29 is 9.13 Å². The van der Waals surface area contributed by atoms with Crippen molar-refractivity contribution in [1.82, 2.24) is 14.9 Å². The van der Waals surface area contributed by atoms with Gasteiger partial charge in [-0.25, -0.2) is 14.4 Å². The smallest absolute Gasteiger partial charge is 0.216 e. The van der Waals surface area contributed by atoms with E-state index in [-0.39, 0.29) is 11.7 Å². The molecule has 0 saturated carbocycles. The molecule has 0 radical (unpaired) electrons. The molecule has 0 bridgehead atoms. The average molecular weight is 420 g/mol. The summed E-state index contributed by atoms with van der Waals surface area (Å²) >= 11 is 0. The van der Waals surface area contributed by atoms with Crippen molar-refractivity contribution in [3.63, 3.8) is 0 Å². The average Bonchev–Trinajstić information content (AvgIpc) is 2.83. The summed E-state index contributed by atoms with van der Waals surface area (Å²) in [7, 11) is 0. The zero-order chi connectivity index (χ0) is 21.5. The van der Waals surface area contributed by atoms with E-state index in [0.29, 0.717) is 24.4 Å². The largest absolute Gasteiger partial charge is 0.477 e. The summed E-state index contributed by atoms with van der Waals surface area (Å²) < 4.78 is 19.4. The maximum atomic E-state index is 13.5. The van der Waals surface area contributed by atoms with E-state index < -0.39 is 0 Å². The fourth-order valence-corrected chi connectivity index (χ4v) is 4.54. The minimum atomic E-state index is -0.213. The van der Waals surface area contributed by atoms with Gasteiger partial charge in [-0.1, -0.05) is 42.5 Å².